The third kappa shape index (κ3) is 5.85. The van der Waals surface area contributed by atoms with Crippen LogP contribution in [0, 0.1) is 5.41 Å². The molecule has 0 saturated carbocycles. The average molecular weight is 235 g/mol. The molecule has 0 aliphatic rings. The van der Waals surface area contributed by atoms with Crippen LogP contribution in [0.25, 0.3) is 0 Å². The number of hydrogen-bond donors (Lipinski definition) is 1. The van der Waals surface area contributed by atoms with Crippen molar-refractivity contribution >= 4 is 0 Å². The maximum atomic E-state index is 5.75. The quantitative estimate of drug-likeness (QED) is 0.763. The van der Waals surface area contributed by atoms with E-state index in [1.165, 1.54) is 11.1 Å². The molecule has 2 heteroatoms. The lowest BCUT2D eigenvalue weighted by atomic mass is 9.93. The summed E-state index contributed by atoms with van der Waals surface area (Å²) in [6.07, 6.45) is 1.10. The fourth-order valence-corrected chi connectivity index (χ4v) is 1.62. The number of ether oxygens (including phenoxy) is 1. The predicted octanol–water partition coefficient (Wildman–Crippen LogP) is 3.36. The summed E-state index contributed by atoms with van der Waals surface area (Å²) in [5.41, 5.74) is 2.96. The van der Waals surface area contributed by atoms with Crippen LogP contribution < -0.4 is 5.32 Å². The van der Waals surface area contributed by atoms with Gasteiger partial charge in [0.2, 0.25) is 0 Å². The van der Waals surface area contributed by atoms with Crippen molar-refractivity contribution in [1.29, 1.82) is 0 Å². The normalized spacial score (nSPS) is 11.8. The van der Waals surface area contributed by atoms with Crippen LogP contribution in [0.5, 0.6) is 0 Å². The van der Waals surface area contributed by atoms with Gasteiger partial charge in [0.15, 0.2) is 0 Å². The van der Waals surface area contributed by atoms with Crippen molar-refractivity contribution in [3.05, 3.63) is 35.4 Å². The van der Waals surface area contributed by atoms with Crippen LogP contribution in [0.3, 0.4) is 0 Å². The van der Waals surface area contributed by atoms with E-state index >= 15 is 0 Å². The van der Waals surface area contributed by atoms with Gasteiger partial charge in [0.1, 0.15) is 0 Å². The van der Waals surface area contributed by atoms with Crippen molar-refractivity contribution < 1.29 is 4.74 Å². The van der Waals surface area contributed by atoms with Gasteiger partial charge in [0.25, 0.3) is 0 Å². The van der Waals surface area contributed by atoms with Gasteiger partial charge in [0, 0.05) is 13.2 Å². The molecule has 2 nitrogen and oxygen atoms in total. The highest BCUT2D eigenvalue weighted by atomic mass is 16.5. The second-order valence-electron chi connectivity index (χ2n) is 5.66. The molecular formula is C15H25NO. The molecule has 0 spiro atoms. The molecule has 1 N–H and O–H groups in total. The van der Waals surface area contributed by atoms with E-state index in [1.54, 1.807) is 0 Å². The highest BCUT2D eigenvalue weighted by Crippen LogP contribution is 2.18. The molecule has 0 aliphatic heterocycles. The first-order chi connectivity index (χ1) is 8.03. The first-order valence-corrected chi connectivity index (χ1v) is 6.32. The Labute approximate surface area is 105 Å². The van der Waals surface area contributed by atoms with E-state index in [4.69, 9.17) is 4.74 Å². The fraction of sp³-hybridized carbons (Fsp3) is 0.600. The summed E-state index contributed by atoms with van der Waals surface area (Å²) < 4.78 is 5.75. The fourth-order valence-electron chi connectivity index (χ4n) is 1.62. The number of nitrogens with one attached hydrogen (secondary N) is 1. The van der Waals surface area contributed by atoms with Gasteiger partial charge >= 0.3 is 0 Å². The minimum atomic E-state index is 0.352. The summed E-state index contributed by atoms with van der Waals surface area (Å²) in [5, 5.41) is 3.18. The maximum absolute atomic E-state index is 5.75. The maximum Gasteiger partial charge on any atom is 0.0720 e. The van der Waals surface area contributed by atoms with Crippen molar-refractivity contribution in [2.75, 3.05) is 13.7 Å². The summed E-state index contributed by atoms with van der Waals surface area (Å²) in [7, 11) is 1.97. The molecule has 0 heterocycles. The molecule has 0 fully saturated rings. The summed E-state index contributed by atoms with van der Waals surface area (Å²) in [5.74, 6) is 0. The Morgan fingerprint density at radius 3 is 2.35 bits per heavy atom. The molecule has 0 aromatic heterocycles. The zero-order valence-corrected chi connectivity index (χ0v) is 11.5. The zero-order valence-electron chi connectivity index (χ0n) is 11.5. The summed E-state index contributed by atoms with van der Waals surface area (Å²) in [4.78, 5) is 0. The van der Waals surface area contributed by atoms with E-state index in [0.717, 1.165) is 19.6 Å². The Bertz CT molecular complexity index is 328. The third-order valence-corrected chi connectivity index (χ3v) is 2.74. The van der Waals surface area contributed by atoms with Crippen molar-refractivity contribution in [2.24, 2.45) is 5.41 Å². The zero-order chi connectivity index (χ0) is 12.7. The molecule has 0 aliphatic carbocycles. The van der Waals surface area contributed by atoms with E-state index in [9.17, 15) is 0 Å². The highest BCUT2D eigenvalue weighted by Gasteiger charge is 2.09. The minimum Gasteiger partial charge on any atom is -0.377 e. The lowest BCUT2D eigenvalue weighted by Crippen LogP contribution is -2.11. The Kier molecular flexibility index (Phi) is 5.66. The molecule has 0 atom stereocenters. The molecule has 0 unspecified atom stereocenters. The largest absolute Gasteiger partial charge is 0.377 e. The van der Waals surface area contributed by atoms with Gasteiger partial charge in [0.05, 0.1) is 6.61 Å². The number of benzene rings is 1. The molecule has 0 saturated heterocycles. The first kappa shape index (κ1) is 14.2. The molecule has 96 valence electrons. The van der Waals surface area contributed by atoms with Gasteiger partial charge < -0.3 is 10.1 Å². The van der Waals surface area contributed by atoms with Gasteiger partial charge in [-0.15, -0.1) is 0 Å². The van der Waals surface area contributed by atoms with Gasteiger partial charge in [-0.2, -0.15) is 0 Å². The van der Waals surface area contributed by atoms with E-state index in [1.807, 2.05) is 7.05 Å². The lowest BCUT2D eigenvalue weighted by molar-refractivity contribution is 0.0957. The lowest BCUT2D eigenvalue weighted by Gasteiger charge is -2.18. The molecule has 0 bridgehead atoms. The molecule has 17 heavy (non-hydrogen) atoms. The highest BCUT2D eigenvalue weighted by molar-refractivity contribution is 5.26. The van der Waals surface area contributed by atoms with Crippen molar-refractivity contribution in [3.63, 3.8) is 0 Å². The Hall–Kier alpha value is -0.860. The first-order valence-electron chi connectivity index (χ1n) is 6.32. The molecule has 1 aromatic carbocycles. The van der Waals surface area contributed by atoms with Crippen LogP contribution in [0.4, 0.5) is 0 Å². The van der Waals surface area contributed by atoms with Crippen LogP contribution in [0.15, 0.2) is 24.3 Å². The number of hydrogen-bond acceptors (Lipinski definition) is 2. The molecule has 1 rings (SSSR count). The van der Waals surface area contributed by atoms with Crippen LogP contribution in [-0.2, 0) is 17.9 Å². The Balaban J connectivity index is 2.41. The summed E-state index contributed by atoms with van der Waals surface area (Å²) in [6.45, 7) is 9.17. The van der Waals surface area contributed by atoms with Crippen LogP contribution in [0.1, 0.15) is 38.3 Å². The second kappa shape index (κ2) is 6.77. The molecular weight excluding hydrogens is 210 g/mol. The minimum absolute atomic E-state index is 0.352. The average Bonchev–Trinajstić information content (AvgIpc) is 2.25. The van der Waals surface area contributed by atoms with E-state index in [2.05, 4.69) is 50.4 Å². The van der Waals surface area contributed by atoms with Crippen LogP contribution in [0.2, 0.25) is 0 Å². The topological polar surface area (TPSA) is 21.3 Å². The van der Waals surface area contributed by atoms with Gasteiger partial charge in [-0.1, -0.05) is 45.0 Å². The number of rotatable bonds is 6. The van der Waals surface area contributed by atoms with Gasteiger partial charge in [-0.3, -0.25) is 0 Å². The van der Waals surface area contributed by atoms with E-state index < -0.39 is 0 Å². The predicted molar refractivity (Wildman–Crippen MR) is 72.9 cm³/mol. The monoisotopic (exact) mass is 235 g/mol. The van der Waals surface area contributed by atoms with Crippen LogP contribution >= 0.6 is 0 Å². The van der Waals surface area contributed by atoms with E-state index in [-0.39, 0.29) is 0 Å². The van der Waals surface area contributed by atoms with Gasteiger partial charge in [-0.05, 0) is 30.0 Å². The SMILES string of the molecule is CNCc1ccccc1COCCC(C)(C)C. The standard InChI is InChI=1S/C15H25NO/c1-15(2,3)9-10-17-12-14-8-6-5-7-13(14)11-16-4/h5-8,16H,9-12H2,1-4H3. The van der Waals surface area contributed by atoms with Crippen molar-refractivity contribution in [2.45, 2.75) is 40.3 Å². The third-order valence-electron chi connectivity index (χ3n) is 2.74. The smallest absolute Gasteiger partial charge is 0.0720 e. The molecule has 1 aromatic rings. The van der Waals surface area contributed by atoms with Crippen molar-refractivity contribution in [3.8, 4) is 0 Å². The molecule has 0 radical (unpaired) electrons. The van der Waals surface area contributed by atoms with Crippen LogP contribution in [-0.4, -0.2) is 13.7 Å². The van der Waals surface area contributed by atoms with E-state index in [0.29, 0.717) is 12.0 Å². The molecule has 0 amide bonds. The second-order valence-corrected chi connectivity index (χ2v) is 5.66. The Morgan fingerprint density at radius 2 is 1.76 bits per heavy atom. The Morgan fingerprint density at radius 1 is 1.12 bits per heavy atom. The van der Waals surface area contributed by atoms with Crippen molar-refractivity contribution in [1.82, 2.24) is 5.32 Å². The summed E-state index contributed by atoms with van der Waals surface area (Å²) >= 11 is 0. The summed E-state index contributed by atoms with van der Waals surface area (Å²) in [6, 6.07) is 8.44. The van der Waals surface area contributed by atoms with Gasteiger partial charge in [-0.25, -0.2) is 0 Å².